The molecule has 0 aliphatic rings. The first kappa shape index (κ1) is 20.6. The zero-order chi connectivity index (χ0) is 21.0. The van der Waals surface area contributed by atoms with Crippen molar-refractivity contribution in [3.05, 3.63) is 62.5 Å². The van der Waals surface area contributed by atoms with Crippen molar-refractivity contribution in [1.82, 2.24) is 19.8 Å². The summed E-state index contributed by atoms with van der Waals surface area (Å²) in [5.74, 6) is 1.21. The highest BCUT2D eigenvalue weighted by atomic mass is 79.9. The average molecular weight is 462 g/mol. The molecule has 0 saturated heterocycles. The Morgan fingerprint density at radius 2 is 1.97 bits per heavy atom. The van der Waals surface area contributed by atoms with E-state index in [0.29, 0.717) is 22.7 Å². The van der Waals surface area contributed by atoms with Gasteiger partial charge in [0.25, 0.3) is 0 Å². The first-order chi connectivity index (χ1) is 14.0. The van der Waals surface area contributed by atoms with Crippen LogP contribution < -0.4 is 15.2 Å². The summed E-state index contributed by atoms with van der Waals surface area (Å²) in [6.45, 7) is 2.01. The maximum Gasteiger partial charge on any atom is 0.368 e. The van der Waals surface area contributed by atoms with Gasteiger partial charge in [0.1, 0.15) is 25.2 Å². The zero-order valence-electron chi connectivity index (χ0n) is 16.4. The van der Waals surface area contributed by atoms with Gasteiger partial charge in [-0.25, -0.2) is 4.79 Å². The molecular formula is C19H20BrN5O4. The summed E-state index contributed by atoms with van der Waals surface area (Å²) >= 11 is 3.52. The van der Waals surface area contributed by atoms with Gasteiger partial charge in [0.05, 0.1) is 28.5 Å². The fraction of sp³-hybridized carbons (Fsp3) is 0.263. The molecule has 0 N–H and O–H groups in total. The largest absolute Gasteiger partial charge is 0.496 e. The molecule has 0 aliphatic carbocycles. The van der Waals surface area contributed by atoms with E-state index < -0.39 is 0 Å². The summed E-state index contributed by atoms with van der Waals surface area (Å²) in [6.07, 6.45) is 0. The fourth-order valence-corrected chi connectivity index (χ4v) is 3.23. The zero-order valence-corrected chi connectivity index (χ0v) is 18.0. The molecule has 0 bridgehead atoms. The van der Waals surface area contributed by atoms with Crippen LogP contribution in [0.2, 0.25) is 0 Å². The molecule has 152 valence electrons. The van der Waals surface area contributed by atoms with Crippen LogP contribution in [0, 0.1) is 0 Å². The van der Waals surface area contributed by atoms with Crippen molar-refractivity contribution in [3.63, 3.8) is 0 Å². The molecule has 1 aromatic heterocycles. The maximum absolute atomic E-state index is 12.3. The van der Waals surface area contributed by atoms with E-state index >= 15 is 0 Å². The third kappa shape index (κ3) is 4.32. The summed E-state index contributed by atoms with van der Waals surface area (Å²) in [4.78, 5) is 17.1. The third-order valence-corrected chi connectivity index (χ3v) is 4.85. The fourth-order valence-electron chi connectivity index (χ4n) is 2.74. The molecule has 3 aromatic rings. The van der Waals surface area contributed by atoms with Crippen molar-refractivity contribution in [1.29, 1.82) is 0 Å². The molecule has 0 saturated carbocycles. The second-order valence-electron chi connectivity index (χ2n) is 6.05. The number of aromatic nitrogens is 4. The lowest BCUT2D eigenvalue weighted by molar-refractivity contribution is 0.213. The Morgan fingerprint density at radius 3 is 2.59 bits per heavy atom. The predicted molar refractivity (Wildman–Crippen MR) is 111 cm³/mol. The van der Waals surface area contributed by atoms with Gasteiger partial charge in [-0.15, -0.1) is 0 Å². The first-order valence-corrected chi connectivity index (χ1v) is 9.41. The molecule has 0 radical (unpaired) electrons. The van der Waals surface area contributed by atoms with Crippen LogP contribution in [0.25, 0.3) is 5.69 Å². The van der Waals surface area contributed by atoms with Gasteiger partial charge >= 0.3 is 5.69 Å². The van der Waals surface area contributed by atoms with Crippen LogP contribution in [0.4, 0.5) is 0 Å². The number of halogens is 1. The van der Waals surface area contributed by atoms with Crippen LogP contribution in [0.3, 0.4) is 0 Å². The lowest BCUT2D eigenvalue weighted by Crippen LogP contribution is -2.23. The Kier molecular flexibility index (Phi) is 6.32. The van der Waals surface area contributed by atoms with E-state index in [2.05, 4.69) is 31.5 Å². The summed E-state index contributed by atoms with van der Waals surface area (Å²) < 4.78 is 14.6. The number of hydrogen-bond acceptors (Lipinski definition) is 7. The normalized spacial score (nSPS) is 11.4. The Labute approximate surface area is 175 Å². The number of ether oxygens (including phenoxy) is 2. The first-order valence-electron chi connectivity index (χ1n) is 8.62. The van der Waals surface area contributed by atoms with E-state index in [1.807, 2.05) is 25.1 Å². The molecule has 0 aliphatic heterocycles. The van der Waals surface area contributed by atoms with Crippen molar-refractivity contribution in [2.24, 2.45) is 12.2 Å². The highest BCUT2D eigenvalue weighted by Crippen LogP contribution is 2.30. The minimum absolute atomic E-state index is 0.158. The molecule has 0 amide bonds. The number of methoxy groups -OCH3 is 1. The van der Waals surface area contributed by atoms with E-state index in [1.165, 1.54) is 18.8 Å². The maximum atomic E-state index is 12.3. The summed E-state index contributed by atoms with van der Waals surface area (Å²) in [6, 6.07) is 10.9. The average Bonchev–Trinajstić information content (AvgIpc) is 3.05. The molecular weight excluding hydrogens is 442 g/mol. The number of hydrogen-bond donors (Lipinski definition) is 0. The van der Waals surface area contributed by atoms with E-state index in [0.717, 1.165) is 20.4 Å². The lowest BCUT2D eigenvalue weighted by Gasteiger charge is -2.15. The molecule has 29 heavy (non-hydrogen) atoms. The Morgan fingerprint density at radius 1 is 1.17 bits per heavy atom. The Balaban J connectivity index is 1.92. The summed E-state index contributed by atoms with van der Waals surface area (Å²) in [5, 5.41) is 11.6. The van der Waals surface area contributed by atoms with Gasteiger partial charge in [0, 0.05) is 12.6 Å². The van der Waals surface area contributed by atoms with Crippen molar-refractivity contribution in [2.75, 3.05) is 14.2 Å². The molecule has 2 aromatic carbocycles. The van der Waals surface area contributed by atoms with E-state index in [-0.39, 0.29) is 12.3 Å². The topological polar surface area (TPSA) is 92.8 Å². The SMILES string of the molecule is CON=C(C)c1ccc(OCc2c(OC)cccc2-n2nnn(C)c2=O)c(Br)c1. The van der Waals surface area contributed by atoms with Crippen molar-refractivity contribution in [2.45, 2.75) is 13.5 Å². The highest BCUT2D eigenvalue weighted by molar-refractivity contribution is 9.10. The second-order valence-corrected chi connectivity index (χ2v) is 6.90. The lowest BCUT2D eigenvalue weighted by atomic mass is 10.1. The minimum atomic E-state index is -0.363. The third-order valence-electron chi connectivity index (χ3n) is 4.23. The van der Waals surface area contributed by atoms with Gasteiger partial charge in [0.2, 0.25) is 0 Å². The van der Waals surface area contributed by atoms with Crippen LogP contribution in [-0.4, -0.2) is 39.7 Å². The monoisotopic (exact) mass is 461 g/mol. The smallest absolute Gasteiger partial charge is 0.368 e. The van der Waals surface area contributed by atoms with Gasteiger partial charge in [-0.1, -0.05) is 11.2 Å². The number of benzene rings is 2. The van der Waals surface area contributed by atoms with E-state index in [1.54, 1.807) is 25.3 Å². The Bertz CT molecular complexity index is 1110. The molecule has 0 unspecified atom stereocenters. The van der Waals surface area contributed by atoms with Crippen molar-refractivity contribution in [3.8, 4) is 17.2 Å². The molecule has 3 rings (SSSR count). The molecule has 0 spiro atoms. The minimum Gasteiger partial charge on any atom is -0.496 e. The van der Waals surface area contributed by atoms with Gasteiger partial charge in [0.15, 0.2) is 0 Å². The van der Waals surface area contributed by atoms with E-state index in [4.69, 9.17) is 14.3 Å². The number of oxime groups is 1. The number of tetrazole rings is 1. The standard InChI is InChI=1S/C19H20BrN5O4/c1-12(21-28-4)13-8-9-18(15(20)10-13)29-11-14-16(6-5-7-17(14)27-3)25-19(26)24(2)22-23-25/h5-10H,11H2,1-4H3. The van der Waals surface area contributed by atoms with Crippen molar-refractivity contribution >= 4 is 21.6 Å². The number of aryl methyl sites for hydroxylation is 1. The van der Waals surface area contributed by atoms with Crippen LogP contribution in [0.15, 0.2) is 50.8 Å². The predicted octanol–water partition coefficient (Wildman–Crippen LogP) is 2.69. The summed E-state index contributed by atoms with van der Waals surface area (Å²) in [7, 11) is 4.60. The molecule has 10 heteroatoms. The number of rotatable bonds is 7. The quantitative estimate of drug-likeness (QED) is 0.396. The van der Waals surface area contributed by atoms with Gasteiger partial charge < -0.3 is 14.3 Å². The Hall–Kier alpha value is -3.14. The molecule has 1 heterocycles. The molecule has 0 atom stereocenters. The molecule has 9 nitrogen and oxygen atoms in total. The van der Waals surface area contributed by atoms with Crippen LogP contribution in [0.1, 0.15) is 18.1 Å². The molecule has 0 fully saturated rings. The van der Waals surface area contributed by atoms with Gasteiger partial charge in [-0.05, 0) is 63.6 Å². The second kappa shape index (κ2) is 8.91. The van der Waals surface area contributed by atoms with E-state index in [9.17, 15) is 4.79 Å². The van der Waals surface area contributed by atoms with Gasteiger partial charge in [-0.2, -0.15) is 9.36 Å². The van der Waals surface area contributed by atoms with Crippen LogP contribution in [0.5, 0.6) is 11.5 Å². The van der Waals surface area contributed by atoms with Crippen LogP contribution >= 0.6 is 15.9 Å². The van der Waals surface area contributed by atoms with Gasteiger partial charge in [-0.3, -0.25) is 0 Å². The number of nitrogens with zero attached hydrogens (tertiary/aromatic N) is 5. The van der Waals surface area contributed by atoms with Crippen molar-refractivity contribution < 1.29 is 14.3 Å². The summed E-state index contributed by atoms with van der Waals surface area (Å²) in [5.41, 5.74) is 2.49. The highest BCUT2D eigenvalue weighted by Gasteiger charge is 2.16. The van der Waals surface area contributed by atoms with Crippen LogP contribution in [-0.2, 0) is 18.5 Å².